The molecule has 0 aromatic heterocycles. The average molecular weight is 284 g/mol. The number of hydrogen-bond acceptors (Lipinski definition) is 2. The fraction of sp³-hybridized carbons (Fsp3) is 0.600. The standard InChI is InChI=1S/C15H25FN2S/c1-18(12-7-5-4-6-8-12)13-9-10-14(17)15(11-13)19(2,3)16/h9-12H,4-8,17H2,1-3H3. The Bertz CT molecular complexity index is 436. The first-order valence-electron chi connectivity index (χ1n) is 6.95. The van der Waals surface area contributed by atoms with E-state index in [1.54, 1.807) is 12.5 Å². The van der Waals surface area contributed by atoms with Crippen molar-refractivity contribution in [3.8, 4) is 0 Å². The molecule has 2 rings (SSSR count). The van der Waals surface area contributed by atoms with Crippen LogP contribution in [0.25, 0.3) is 0 Å². The summed E-state index contributed by atoms with van der Waals surface area (Å²) in [5, 5.41) is 0. The number of nitrogen functional groups attached to an aromatic ring is 1. The minimum Gasteiger partial charge on any atom is -0.398 e. The molecule has 1 saturated carbocycles. The maximum atomic E-state index is 14.3. The van der Waals surface area contributed by atoms with E-state index in [1.807, 2.05) is 18.2 Å². The van der Waals surface area contributed by atoms with Crippen molar-refractivity contribution >= 4 is 21.8 Å². The molecule has 0 atom stereocenters. The lowest BCUT2D eigenvalue weighted by Crippen LogP contribution is -2.33. The molecule has 2 N–H and O–H groups in total. The summed E-state index contributed by atoms with van der Waals surface area (Å²) >= 11 is 0. The number of rotatable bonds is 3. The maximum Gasteiger partial charge on any atom is 0.0461 e. The predicted molar refractivity (Wildman–Crippen MR) is 84.9 cm³/mol. The minimum atomic E-state index is -2.27. The van der Waals surface area contributed by atoms with Crippen LogP contribution in [0.5, 0.6) is 0 Å². The molecule has 0 amide bonds. The zero-order valence-electron chi connectivity index (χ0n) is 12.2. The normalized spacial score (nSPS) is 18.3. The molecular weight excluding hydrogens is 259 g/mol. The number of halogens is 1. The second-order valence-electron chi connectivity index (χ2n) is 5.83. The zero-order valence-corrected chi connectivity index (χ0v) is 13.0. The van der Waals surface area contributed by atoms with Crippen LogP contribution in [0.4, 0.5) is 15.3 Å². The summed E-state index contributed by atoms with van der Waals surface area (Å²) in [4.78, 5) is 2.97. The van der Waals surface area contributed by atoms with Crippen LogP contribution in [0.1, 0.15) is 32.1 Å². The quantitative estimate of drug-likeness (QED) is 0.836. The van der Waals surface area contributed by atoms with E-state index in [0.717, 1.165) is 5.69 Å². The first-order chi connectivity index (χ1) is 8.89. The molecule has 19 heavy (non-hydrogen) atoms. The summed E-state index contributed by atoms with van der Waals surface area (Å²) in [6, 6.07) is 6.39. The molecule has 0 heterocycles. The smallest absolute Gasteiger partial charge is 0.0461 e. The van der Waals surface area contributed by atoms with Gasteiger partial charge in [0.25, 0.3) is 0 Å². The van der Waals surface area contributed by atoms with E-state index in [0.29, 0.717) is 16.6 Å². The molecule has 0 unspecified atom stereocenters. The van der Waals surface area contributed by atoms with Gasteiger partial charge >= 0.3 is 0 Å². The Hall–Kier alpha value is -0.900. The van der Waals surface area contributed by atoms with Gasteiger partial charge in [-0.2, -0.15) is 3.89 Å². The first kappa shape index (κ1) is 14.5. The molecule has 0 aliphatic heterocycles. The van der Waals surface area contributed by atoms with Crippen molar-refractivity contribution in [3.05, 3.63) is 18.2 Å². The van der Waals surface area contributed by atoms with Crippen molar-refractivity contribution in [2.24, 2.45) is 0 Å². The van der Waals surface area contributed by atoms with E-state index in [1.165, 1.54) is 32.1 Å². The van der Waals surface area contributed by atoms with Gasteiger partial charge in [-0.05, 0) is 43.6 Å². The monoisotopic (exact) mass is 284 g/mol. The van der Waals surface area contributed by atoms with Crippen LogP contribution in [0.15, 0.2) is 23.1 Å². The highest BCUT2D eigenvalue weighted by molar-refractivity contribution is 8.28. The molecule has 1 aromatic carbocycles. The van der Waals surface area contributed by atoms with Gasteiger partial charge in [0.2, 0.25) is 0 Å². The van der Waals surface area contributed by atoms with Crippen LogP contribution >= 0.6 is 10.4 Å². The van der Waals surface area contributed by atoms with Crippen LogP contribution in [-0.2, 0) is 0 Å². The second kappa shape index (κ2) is 5.61. The summed E-state index contributed by atoms with van der Waals surface area (Å²) in [5.74, 6) is 0. The molecule has 4 heteroatoms. The third-order valence-electron chi connectivity index (χ3n) is 4.05. The van der Waals surface area contributed by atoms with Gasteiger partial charge in [-0.25, -0.2) is 0 Å². The number of nitrogens with zero attached hydrogens (tertiary/aromatic N) is 1. The molecule has 1 aromatic rings. The summed E-state index contributed by atoms with van der Waals surface area (Å²) in [5.41, 5.74) is 7.58. The highest BCUT2D eigenvalue weighted by Gasteiger charge is 2.21. The van der Waals surface area contributed by atoms with Crippen molar-refractivity contribution in [2.45, 2.75) is 43.0 Å². The van der Waals surface area contributed by atoms with Gasteiger partial charge < -0.3 is 10.6 Å². The molecule has 0 radical (unpaired) electrons. The largest absolute Gasteiger partial charge is 0.398 e. The topological polar surface area (TPSA) is 29.3 Å². The van der Waals surface area contributed by atoms with Gasteiger partial charge in [0, 0.05) is 29.4 Å². The maximum absolute atomic E-state index is 14.3. The molecule has 0 bridgehead atoms. The number of benzene rings is 1. The summed E-state index contributed by atoms with van der Waals surface area (Å²) in [6.07, 6.45) is 9.71. The van der Waals surface area contributed by atoms with Crippen molar-refractivity contribution in [1.29, 1.82) is 0 Å². The van der Waals surface area contributed by atoms with E-state index >= 15 is 0 Å². The van der Waals surface area contributed by atoms with Crippen molar-refractivity contribution in [2.75, 3.05) is 30.2 Å². The van der Waals surface area contributed by atoms with Gasteiger partial charge in [-0.15, -0.1) is 0 Å². The lowest BCUT2D eigenvalue weighted by molar-refractivity contribution is 0.427. The lowest BCUT2D eigenvalue weighted by Gasteiger charge is -2.34. The molecule has 2 nitrogen and oxygen atoms in total. The zero-order chi connectivity index (χ0) is 14.0. The summed E-state index contributed by atoms with van der Waals surface area (Å²) < 4.78 is 14.3. The van der Waals surface area contributed by atoms with Gasteiger partial charge in [0.15, 0.2) is 0 Å². The SMILES string of the molecule is CN(c1ccc(N)c(S(C)(C)F)c1)C1CCCCC1. The molecule has 1 aliphatic rings. The Labute approximate surface area is 117 Å². The van der Waals surface area contributed by atoms with E-state index in [2.05, 4.69) is 11.9 Å². The van der Waals surface area contributed by atoms with Crippen molar-refractivity contribution < 1.29 is 3.89 Å². The van der Waals surface area contributed by atoms with E-state index in [4.69, 9.17) is 5.73 Å². The lowest BCUT2D eigenvalue weighted by atomic mass is 9.94. The molecule has 1 aliphatic carbocycles. The molecule has 108 valence electrons. The first-order valence-corrected chi connectivity index (χ1v) is 9.30. The average Bonchev–Trinajstić information content (AvgIpc) is 2.38. The van der Waals surface area contributed by atoms with Crippen LogP contribution in [-0.4, -0.2) is 25.6 Å². The predicted octanol–water partition coefficient (Wildman–Crippen LogP) is 4.35. The van der Waals surface area contributed by atoms with Crippen molar-refractivity contribution in [3.63, 3.8) is 0 Å². The van der Waals surface area contributed by atoms with Crippen LogP contribution in [0.3, 0.4) is 0 Å². The van der Waals surface area contributed by atoms with E-state index < -0.39 is 10.4 Å². The Balaban J connectivity index is 2.24. The third kappa shape index (κ3) is 3.35. The van der Waals surface area contributed by atoms with Crippen molar-refractivity contribution in [1.82, 2.24) is 0 Å². The highest BCUT2D eigenvalue weighted by atomic mass is 32.3. The van der Waals surface area contributed by atoms with Gasteiger partial charge in [-0.1, -0.05) is 29.7 Å². The number of nitrogens with two attached hydrogens (primary N) is 1. The Kier molecular flexibility index (Phi) is 4.29. The van der Waals surface area contributed by atoms with Crippen LogP contribution in [0.2, 0.25) is 0 Å². The fourth-order valence-electron chi connectivity index (χ4n) is 2.84. The van der Waals surface area contributed by atoms with E-state index in [9.17, 15) is 3.89 Å². The molecule has 0 spiro atoms. The summed E-state index contributed by atoms with van der Waals surface area (Å²) in [6.45, 7) is 0. The number of anilines is 2. The minimum absolute atomic E-state index is 0.572. The second-order valence-corrected chi connectivity index (χ2v) is 8.67. The third-order valence-corrected chi connectivity index (χ3v) is 5.45. The highest BCUT2D eigenvalue weighted by Crippen LogP contribution is 2.54. The van der Waals surface area contributed by atoms with Gasteiger partial charge in [-0.3, -0.25) is 0 Å². The molecule has 0 saturated heterocycles. The van der Waals surface area contributed by atoms with Crippen LogP contribution < -0.4 is 10.6 Å². The molecular formula is C15H25FN2S. The Morgan fingerprint density at radius 1 is 1.21 bits per heavy atom. The Morgan fingerprint density at radius 2 is 1.84 bits per heavy atom. The Morgan fingerprint density at radius 3 is 2.42 bits per heavy atom. The van der Waals surface area contributed by atoms with Gasteiger partial charge in [0.1, 0.15) is 0 Å². The number of hydrogen-bond donors (Lipinski definition) is 1. The summed E-state index contributed by atoms with van der Waals surface area (Å²) in [7, 11) is -0.155. The van der Waals surface area contributed by atoms with Crippen LogP contribution in [0, 0.1) is 0 Å². The molecule has 1 fully saturated rings. The fourth-order valence-corrected chi connectivity index (χ4v) is 3.87. The van der Waals surface area contributed by atoms with E-state index in [-0.39, 0.29) is 0 Å². The van der Waals surface area contributed by atoms with Gasteiger partial charge in [0.05, 0.1) is 0 Å².